The van der Waals surface area contributed by atoms with Crippen LogP contribution in [0.5, 0.6) is 0 Å². The average Bonchev–Trinajstić information content (AvgIpc) is 2.98. The highest BCUT2D eigenvalue weighted by Crippen LogP contribution is 2.83. The molecule has 0 aliphatic heterocycles. The van der Waals surface area contributed by atoms with Gasteiger partial charge >= 0.3 is 0 Å². The van der Waals surface area contributed by atoms with E-state index in [2.05, 4.69) is 50.0 Å². The SMILES string of the molecule is C=Cc1c(CCNC)cc2c(c1C)CC(N)(C1(CC)CCC34C=CC3C41)C2. The largest absolute Gasteiger partial charge is 0.324 e. The molecule has 4 aliphatic carbocycles. The Morgan fingerprint density at radius 1 is 1.33 bits per heavy atom. The predicted molar refractivity (Wildman–Crippen MR) is 114 cm³/mol. The molecule has 4 aliphatic rings. The fourth-order valence-electron chi connectivity index (χ4n) is 7.57. The van der Waals surface area contributed by atoms with Gasteiger partial charge in [-0.1, -0.05) is 37.8 Å². The summed E-state index contributed by atoms with van der Waals surface area (Å²) >= 11 is 0. The Morgan fingerprint density at radius 3 is 2.70 bits per heavy atom. The molecule has 0 bridgehead atoms. The van der Waals surface area contributed by atoms with Crippen LogP contribution in [0, 0.1) is 29.6 Å². The van der Waals surface area contributed by atoms with Crippen molar-refractivity contribution in [1.29, 1.82) is 0 Å². The highest BCUT2D eigenvalue weighted by Gasteiger charge is 2.79. The molecule has 0 radical (unpaired) electrons. The molecule has 1 spiro atoms. The molecule has 2 fully saturated rings. The van der Waals surface area contributed by atoms with Gasteiger partial charge in [0.05, 0.1) is 0 Å². The highest BCUT2D eigenvalue weighted by atomic mass is 14.9. The first kappa shape index (κ1) is 17.7. The van der Waals surface area contributed by atoms with Gasteiger partial charge in [0.15, 0.2) is 0 Å². The maximum atomic E-state index is 7.37. The van der Waals surface area contributed by atoms with Gasteiger partial charge in [-0.25, -0.2) is 0 Å². The lowest BCUT2D eigenvalue weighted by Gasteiger charge is -2.46. The number of benzene rings is 1. The lowest BCUT2D eigenvalue weighted by molar-refractivity contribution is 0.0912. The Hall–Kier alpha value is -1.38. The van der Waals surface area contributed by atoms with Gasteiger partial charge in [-0.3, -0.25) is 0 Å². The quantitative estimate of drug-likeness (QED) is 0.745. The van der Waals surface area contributed by atoms with E-state index < -0.39 is 0 Å². The lowest BCUT2D eigenvalue weighted by atomic mass is 9.62. The number of hydrogen-bond acceptors (Lipinski definition) is 2. The van der Waals surface area contributed by atoms with E-state index in [0.717, 1.165) is 37.6 Å². The van der Waals surface area contributed by atoms with E-state index in [1.54, 1.807) is 0 Å². The van der Waals surface area contributed by atoms with Crippen LogP contribution in [-0.4, -0.2) is 19.1 Å². The molecule has 5 atom stereocenters. The zero-order chi connectivity index (χ0) is 19.0. The maximum absolute atomic E-state index is 7.37. The van der Waals surface area contributed by atoms with Crippen LogP contribution in [0.3, 0.4) is 0 Å². The summed E-state index contributed by atoms with van der Waals surface area (Å²) < 4.78 is 0. The van der Waals surface area contributed by atoms with Gasteiger partial charge in [-0.05, 0) is 110 Å². The molecular formula is C25H34N2. The number of nitrogens with two attached hydrogens (primary N) is 1. The van der Waals surface area contributed by atoms with Crippen LogP contribution in [0.2, 0.25) is 0 Å². The number of nitrogens with one attached hydrogen (secondary N) is 1. The maximum Gasteiger partial charge on any atom is 0.0296 e. The molecule has 144 valence electrons. The third-order valence-corrected chi connectivity index (χ3v) is 9.07. The molecule has 0 aromatic heterocycles. The summed E-state index contributed by atoms with van der Waals surface area (Å²) in [5, 5.41) is 3.29. The number of likely N-dealkylation sites (N-methyl/N-ethyl adjacent to an activating group) is 1. The van der Waals surface area contributed by atoms with Gasteiger partial charge in [-0.2, -0.15) is 0 Å². The van der Waals surface area contributed by atoms with Crippen molar-refractivity contribution in [2.45, 2.75) is 57.9 Å². The zero-order valence-electron chi connectivity index (χ0n) is 17.2. The smallest absolute Gasteiger partial charge is 0.0296 e. The first-order valence-corrected chi connectivity index (χ1v) is 10.9. The number of hydrogen-bond donors (Lipinski definition) is 2. The van der Waals surface area contributed by atoms with Gasteiger partial charge in [0.1, 0.15) is 0 Å². The van der Waals surface area contributed by atoms with E-state index in [-0.39, 0.29) is 5.54 Å². The first-order valence-electron chi connectivity index (χ1n) is 10.9. The molecule has 0 amide bonds. The minimum absolute atomic E-state index is 0.0813. The van der Waals surface area contributed by atoms with E-state index in [1.165, 1.54) is 47.1 Å². The van der Waals surface area contributed by atoms with Crippen molar-refractivity contribution in [1.82, 2.24) is 5.32 Å². The van der Waals surface area contributed by atoms with Gasteiger partial charge in [0.25, 0.3) is 0 Å². The minimum atomic E-state index is -0.0813. The van der Waals surface area contributed by atoms with E-state index in [9.17, 15) is 0 Å². The summed E-state index contributed by atoms with van der Waals surface area (Å²) in [5.74, 6) is 1.66. The van der Waals surface area contributed by atoms with E-state index in [1.807, 2.05) is 7.05 Å². The van der Waals surface area contributed by atoms with Crippen molar-refractivity contribution in [3.05, 3.63) is 52.6 Å². The molecule has 2 saturated carbocycles. The molecule has 27 heavy (non-hydrogen) atoms. The Bertz CT molecular complexity index is 852. The standard InChI is InChI=1S/C25H34N2/c1-5-19-16(3)20-15-25(26,14-18(20)13-17(19)8-12-27-4)24(6-2)11-10-23-9-7-21(23)22(23)24/h5,7,9,13,21-22,27H,1,6,8,10-12,14-15,26H2,2-4H3. The number of rotatable bonds is 6. The molecule has 5 unspecified atom stereocenters. The molecule has 1 aromatic carbocycles. The van der Waals surface area contributed by atoms with Crippen LogP contribution < -0.4 is 11.1 Å². The highest BCUT2D eigenvalue weighted by molar-refractivity contribution is 5.62. The molecule has 0 saturated heterocycles. The average molecular weight is 363 g/mol. The van der Waals surface area contributed by atoms with Gasteiger partial charge < -0.3 is 11.1 Å². The van der Waals surface area contributed by atoms with Crippen LogP contribution in [-0.2, 0) is 19.3 Å². The summed E-state index contributed by atoms with van der Waals surface area (Å²) in [6, 6.07) is 2.46. The Labute approximate surface area is 164 Å². The summed E-state index contributed by atoms with van der Waals surface area (Å²) in [5.41, 5.74) is 15.4. The Morgan fingerprint density at radius 2 is 2.15 bits per heavy atom. The van der Waals surface area contributed by atoms with Crippen LogP contribution in [0.4, 0.5) is 0 Å². The molecule has 2 nitrogen and oxygen atoms in total. The van der Waals surface area contributed by atoms with E-state index in [0.29, 0.717) is 10.8 Å². The number of allylic oxidation sites excluding steroid dienone is 2. The first-order chi connectivity index (χ1) is 13.0. The second-order valence-corrected chi connectivity index (χ2v) is 9.76. The van der Waals surface area contributed by atoms with Crippen molar-refractivity contribution in [2.24, 2.45) is 28.4 Å². The van der Waals surface area contributed by atoms with Crippen molar-refractivity contribution in [3.8, 4) is 0 Å². The van der Waals surface area contributed by atoms with E-state index in [4.69, 9.17) is 5.73 Å². The van der Waals surface area contributed by atoms with E-state index >= 15 is 0 Å². The van der Waals surface area contributed by atoms with Crippen LogP contribution in [0.25, 0.3) is 6.08 Å². The minimum Gasteiger partial charge on any atom is -0.324 e. The van der Waals surface area contributed by atoms with Gasteiger partial charge in [0, 0.05) is 5.54 Å². The molecule has 1 aromatic rings. The second-order valence-electron chi connectivity index (χ2n) is 9.76. The topological polar surface area (TPSA) is 38.0 Å². The van der Waals surface area contributed by atoms with Crippen molar-refractivity contribution in [3.63, 3.8) is 0 Å². The number of fused-ring (bicyclic) bond motifs is 2. The Kier molecular flexibility index (Phi) is 3.66. The summed E-state index contributed by atoms with van der Waals surface area (Å²) in [7, 11) is 2.03. The third kappa shape index (κ3) is 1.99. The lowest BCUT2D eigenvalue weighted by Crippen LogP contribution is -2.57. The molecule has 2 heteroatoms. The third-order valence-electron chi connectivity index (χ3n) is 9.07. The summed E-state index contributed by atoms with van der Waals surface area (Å²) in [4.78, 5) is 0. The Balaban J connectivity index is 1.53. The van der Waals surface area contributed by atoms with Gasteiger partial charge in [-0.15, -0.1) is 0 Å². The van der Waals surface area contributed by atoms with Crippen molar-refractivity contribution < 1.29 is 0 Å². The molecule has 5 rings (SSSR count). The van der Waals surface area contributed by atoms with Crippen LogP contribution in [0.1, 0.15) is 54.0 Å². The normalized spacial score (nSPS) is 40.3. The fraction of sp³-hybridized carbons (Fsp3) is 0.600. The fourth-order valence-corrected chi connectivity index (χ4v) is 7.57. The molecule has 0 heterocycles. The predicted octanol–water partition coefficient (Wildman–Crippen LogP) is 4.19. The summed E-state index contributed by atoms with van der Waals surface area (Å²) in [6.45, 7) is 9.81. The second kappa shape index (κ2) is 5.58. The van der Waals surface area contributed by atoms with Crippen molar-refractivity contribution >= 4 is 6.08 Å². The van der Waals surface area contributed by atoms with Crippen LogP contribution in [0.15, 0.2) is 24.8 Å². The molecule has 3 N–H and O–H groups in total. The zero-order valence-corrected chi connectivity index (χ0v) is 17.2. The van der Waals surface area contributed by atoms with Crippen LogP contribution >= 0.6 is 0 Å². The molecular weight excluding hydrogens is 328 g/mol. The monoisotopic (exact) mass is 362 g/mol. The summed E-state index contributed by atoms with van der Waals surface area (Å²) in [6.07, 6.45) is 14.1. The van der Waals surface area contributed by atoms with Crippen molar-refractivity contribution in [2.75, 3.05) is 13.6 Å². The van der Waals surface area contributed by atoms with Gasteiger partial charge in [0.2, 0.25) is 0 Å².